The van der Waals surface area contributed by atoms with Gasteiger partial charge in [0.1, 0.15) is 5.69 Å². The van der Waals surface area contributed by atoms with Gasteiger partial charge in [0, 0.05) is 35.9 Å². The maximum atomic E-state index is 13.6. The Hall–Kier alpha value is -4.40. The zero-order valence-corrected chi connectivity index (χ0v) is 15.4. The Labute approximate surface area is 169 Å². The number of nitrogens with zero attached hydrogens (tertiary/aromatic N) is 4. The second-order valence-electron chi connectivity index (χ2n) is 6.29. The molecule has 2 aromatic carbocycles. The average molecular weight is 403 g/mol. The van der Waals surface area contributed by atoms with Gasteiger partial charge >= 0.3 is 5.69 Å². The number of para-hydroxylation sites is 1. The van der Waals surface area contributed by atoms with Gasteiger partial charge in [-0.3, -0.25) is 19.9 Å². The van der Waals surface area contributed by atoms with Gasteiger partial charge in [-0.05, 0) is 36.4 Å². The van der Waals surface area contributed by atoms with E-state index in [-0.39, 0.29) is 11.3 Å². The number of hydrogen-bond acceptors (Lipinski definition) is 5. The maximum absolute atomic E-state index is 13.6. The van der Waals surface area contributed by atoms with Crippen LogP contribution in [-0.4, -0.2) is 25.6 Å². The molecule has 0 radical (unpaired) electrons. The van der Waals surface area contributed by atoms with E-state index in [1.54, 1.807) is 35.4 Å². The lowest BCUT2D eigenvalue weighted by Crippen LogP contribution is -2.12. The zero-order chi connectivity index (χ0) is 21.1. The highest BCUT2D eigenvalue weighted by Crippen LogP contribution is 2.26. The van der Waals surface area contributed by atoms with Gasteiger partial charge in [-0.25, -0.2) is 4.68 Å². The van der Waals surface area contributed by atoms with Crippen molar-refractivity contribution in [1.29, 1.82) is 0 Å². The summed E-state index contributed by atoms with van der Waals surface area (Å²) in [4.78, 5) is 27.2. The Morgan fingerprint density at radius 1 is 1.10 bits per heavy atom. The summed E-state index contributed by atoms with van der Waals surface area (Å²) in [7, 11) is 0. The normalized spacial score (nSPS) is 10.6. The summed E-state index contributed by atoms with van der Waals surface area (Å²) in [6.45, 7) is 0. The van der Waals surface area contributed by atoms with Crippen LogP contribution >= 0.6 is 0 Å². The van der Waals surface area contributed by atoms with Gasteiger partial charge in [0.2, 0.25) is 5.82 Å². The van der Waals surface area contributed by atoms with Crippen molar-refractivity contribution in [1.82, 2.24) is 14.8 Å². The first-order chi connectivity index (χ1) is 14.5. The number of nitro groups is 1. The second kappa shape index (κ2) is 7.92. The van der Waals surface area contributed by atoms with Crippen LogP contribution in [0.1, 0.15) is 10.4 Å². The molecule has 9 heteroatoms. The fourth-order valence-corrected chi connectivity index (χ4v) is 2.90. The highest BCUT2D eigenvalue weighted by Gasteiger charge is 2.21. The number of amides is 1. The topological polar surface area (TPSA) is 103 Å². The van der Waals surface area contributed by atoms with Crippen LogP contribution < -0.4 is 5.32 Å². The number of anilines is 1. The molecule has 0 spiro atoms. The van der Waals surface area contributed by atoms with E-state index in [2.05, 4.69) is 15.4 Å². The second-order valence-corrected chi connectivity index (χ2v) is 6.29. The van der Waals surface area contributed by atoms with Gasteiger partial charge in [-0.2, -0.15) is 9.49 Å². The van der Waals surface area contributed by atoms with Crippen LogP contribution in [0, 0.1) is 15.9 Å². The molecule has 0 atom stereocenters. The zero-order valence-electron chi connectivity index (χ0n) is 15.4. The molecule has 0 aliphatic carbocycles. The van der Waals surface area contributed by atoms with Gasteiger partial charge in [0.15, 0.2) is 0 Å². The number of pyridine rings is 1. The van der Waals surface area contributed by atoms with E-state index in [4.69, 9.17) is 0 Å². The minimum atomic E-state index is -0.981. The minimum Gasteiger partial charge on any atom is -0.322 e. The van der Waals surface area contributed by atoms with Crippen LogP contribution in [0.3, 0.4) is 0 Å². The molecule has 1 N–H and O–H groups in total. The molecule has 4 aromatic rings. The van der Waals surface area contributed by atoms with Gasteiger partial charge < -0.3 is 5.32 Å². The van der Waals surface area contributed by atoms with E-state index in [1.165, 1.54) is 6.07 Å². The molecular formula is C21H14FN5O3. The summed E-state index contributed by atoms with van der Waals surface area (Å²) in [5.41, 5.74) is 1.37. The first kappa shape index (κ1) is 18.9. The Morgan fingerprint density at radius 3 is 2.60 bits per heavy atom. The van der Waals surface area contributed by atoms with E-state index in [1.807, 2.05) is 30.3 Å². The lowest BCUT2D eigenvalue weighted by atomic mass is 10.1. The predicted molar refractivity (Wildman–Crippen MR) is 108 cm³/mol. The molecule has 148 valence electrons. The van der Waals surface area contributed by atoms with Crippen LogP contribution in [0.15, 0.2) is 79.3 Å². The fraction of sp³-hybridized carbons (Fsp3) is 0. The number of carbonyl (C=O) groups excluding carboxylic acids is 1. The fourth-order valence-electron chi connectivity index (χ4n) is 2.90. The molecule has 2 heterocycles. The molecule has 8 nitrogen and oxygen atoms in total. The highest BCUT2D eigenvalue weighted by molar-refractivity contribution is 6.08. The molecular weight excluding hydrogens is 389 g/mol. The van der Waals surface area contributed by atoms with Crippen LogP contribution in [0.4, 0.5) is 15.8 Å². The minimum absolute atomic E-state index is 0.0951. The molecule has 0 saturated carbocycles. The van der Waals surface area contributed by atoms with Crippen LogP contribution in [0.5, 0.6) is 0 Å². The van der Waals surface area contributed by atoms with Gasteiger partial charge in [-0.15, -0.1) is 0 Å². The molecule has 2 aromatic heterocycles. The summed E-state index contributed by atoms with van der Waals surface area (Å²) < 4.78 is 15.1. The third kappa shape index (κ3) is 3.76. The van der Waals surface area contributed by atoms with Crippen molar-refractivity contribution >= 4 is 17.3 Å². The van der Waals surface area contributed by atoms with Crippen LogP contribution in [-0.2, 0) is 0 Å². The van der Waals surface area contributed by atoms with Gasteiger partial charge in [0.05, 0.1) is 16.2 Å². The molecule has 30 heavy (non-hydrogen) atoms. The third-order valence-electron chi connectivity index (χ3n) is 4.32. The van der Waals surface area contributed by atoms with Gasteiger partial charge in [-0.1, -0.05) is 18.2 Å². The molecule has 0 saturated heterocycles. The van der Waals surface area contributed by atoms with Gasteiger partial charge in [0.25, 0.3) is 5.91 Å². The van der Waals surface area contributed by atoms with Crippen molar-refractivity contribution in [3.8, 4) is 16.9 Å². The number of hydrogen-bond donors (Lipinski definition) is 1. The Bertz CT molecular complexity index is 1230. The average Bonchev–Trinajstić information content (AvgIpc) is 3.22. The summed E-state index contributed by atoms with van der Waals surface area (Å²) >= 11 is 0. The number of benzene rings is 2. The summed E-state index contributed by atoms with van der Waals surface area (Å²) in [5.74, 6) is -1.53. The summed E-state index contributed by atoms with van der Waals surface area (Å²) in [6, 6.07) is 15.9. The van der Waals surface area contributed by atoms with E-state index in [9.17, 15) is 19.3 Å². The SMILES string of the molecule is O=C(Nc1ccc(F)c([N+](=O)[O-])c1)c1cn(-c2ccccc2)nc1-c1cccnc1. The summed E-state index contributed by atoms with van der Waals surface area (Å²) in [5, 5.41) is 18.1. The molecule has 0 aliphatic heterocycles. The van der Waals surface area contributed by atoms with Crippen molar-refractivity contribution in [3.63, 3.8) is 0 Å². The standard InChI is InChI=1S/C21H14FN5O3/c22-18-9-8-15(11-19(18)27(29)30)24-21(28)17-13-26(16-6-2-1-3-7-16)25-20(17)14-5-4-10-23-12-14/h1-13H,(H,24,28). The number of rotatable bonds is 5. The Kier molecular flexibility index (Phi) is 5.00. The van der Waals surface area contributed by atoms with Crippen molar-refractivity contribution < 1.29 is 14.1 Å². The van der Waals surface area contributed by atoms with Crippen LogP contribution in [0.25, 0.3) is 16.9 Å². The third-order valence-corrected chi connectivity index (χ3v) is 4.32. The lowest BCUT2D eigenvalue weighted by molar-refractivity contribution is -0.387. The maximum Gasteiger partial charge on any atom is 0.306 e. The molecule has 0 unspecified atom stereocenters. The largest absolute Gasteiger partial charge is 0.322 e. The summed E-state index contributed by atoms with van der Waals surface area (Å²) in [6.07, 6.45) is 4.75. The van der Waals surface area contributed by atoms with E-state index >= 15 is 0 Å². The quantitative estimate of drug-likeness (QED) is 0.397. The number of nitro benzene ring substituents is 1. The molecule has 4 rings (SSSR count). The number of halogens is 1. The molecule has 1 amide bonds. The van der Waals surface area contributed by atoms with Crippen molar-refractivity contribution in [3.05, 3.63) is 101 Å². The van der Waals surface area contributed by atoms with E-state index < -0.39 is 22.3 Å². The molecule has 0 fully saturated rings. The number of nitrogens with one attached hydrogen (secondary N) is 1. The van der Waals surface area contributed by atoms with Crippen LogP contribution in [0.2, 0.25) is 0 Å². The van der Waals surface area contributed by atoms with Crippen molar-refractivity contribution in [2.75, 3.05) is 5.32 Å². The Morgan fingerprint density at radius 2 is 1.90 bits per heavy atom. The number of aromatic nitrogens is 3. The first-order valence-electron chi connectivity index (χ1n) is 8.84. The first-order valence-corrected chi connectivity index (χ1v) is 8.84. The Balaban J connectivity index is 1.74. The van der Waals surface area contributed by atoms with Crippen molar-refractivity contribution in [2.24, 2.45) is 0 Å². The highest BCUT2D eigenvalue weighted by atomic mass is 19.1. The monoisotopic (exact) mass is 403 g/mol. The lowest BCUT2D eigenvalue weighted by Gasteiger charge is -2.05. The molecule has 0 bridgehead atoms. The predicted octanol–water partition coefficient (Wildman–Crippen LogP) is 4.23. The molecule has 0 aliphatic rings. The number of carbonyl (C=O) groups is 1. The van der Waals surface area contributed by atoms with Crippen molar-refractivity contribution in [2.45, 2.75) is 0 Å². The van der Waals surface area contributed by atoms with E-state index in [0.29, 0.717) is 11.3 Å². The van der Waals surface area contributed by atoms with E-state index in [0.717, 1.165) is 17.8 Å². The smallest absolute Gasteiger partial charge is 0.306 e.